The fraction of sp³-hybridized carbons (Fsp3) is 0. The van der Waals surface area contributed by atoms with Gasteiger partial charge in [0.2, 0.25) is 0 Å². The van der Waals surface area contributed by atoms with Crippen LogP contribution in [0.4, 0.5) is 0 Å². The van der Waals surface area contributed by atoms with Crippen LogP contribution >= 0.6 is 22.7 Å². The Kier molecular flexibility index (Phi) is 4.74. The van der Waals surface area contributed by atoms with Crippen molar-refractivity contribution in [2.24, 2.45) is 0 Å². The van der Waals surface area contributed by atoms with Crippen LogP contribution < -0.4 is 0 Å². The number of fused-ring (bicyclic) bond motifs is 8. The average molecular weight is 543 g/mol. The van der Waals surface area contributed by atoms with E-state index in [4.69, 9.17) is 0 Å². The van der Waals surface area contributed by atoms with E-state index in [1.807, 2.05) is 22.7 Å². The van der Waals surface area contributed by atoms with Crippen molar-refractivity contribution in [3.05, 3.63) is 133 Å². The number of thiophene rings is 2. The van der Waals surface area contributed by atoms with Crippen LogP contribution in [0.5, 0.6) is 0 Å². The topological polar surface area (TPSA) is 0 Å². The zero-order valence-electron chi connectivity index (χ0n) is 21.5. The first kappa shape index (κ1) is 22.3. The first-order valence-corrected chi connectivity index (χ1v) is 15.2. The van der Waals surface area contributed by atoms with Gasteiger partial charge in [-0.2, -0.15) is 0 Å². The lowest BCUT2D eigenvalue weighted by Gasteiger charge is -2.17. The summed E-state index contributed by atoms with van der Waals surface area (Å²) < 4.78 is 4.06. The number of benzene rings is 7. The molecule has 9 aromatic rings. The lowest BCUT2D eigenvalue weighted by molar-refractivity contribution is 1.70. The molecule has 40 heavy (non-hydrogen) atoms. The Hall–Kier alpha value is -4.50. The van der Waals surface area contributed by atoms with Gasteiger partial charge in [-0.25, -0.2) is 0 Å². The van der Waals surface area contributed by atoms with Crippen LogP contribution in [0.1, 0.15) is 0 Å². The third kappa shape index (κ3) is 3.18. The lowest BCUT2D eigenvalue weighted by Crippen LogP contribution is -1.89. The summed E-state index contributed by atoms with van der Waals surface area (Å²) in [5.74, 6) is 0. The van der Waals surface area contributed by atoms with E-state index in [0.29, 0.717) is 0 Å². The van der Waals surface area contributed by atoms with Gasteiger partial charge in [-0.05, 0) is 73.8 Å². The molecule has 0 atom stereocenters. The molecular formula is C38H22S2. The Morgan fingerprint density at radius 1 is 0.350 bits per heavy atom. The van der Waals surface area contributed by atoms with Crippen molar-refractivity contribution >= 4 is 85.2 Å². The fourth-order valence-electron chi connectivity index (χ4n) is 6.51. The van der Waals surface area contributed by atoms with E-state index in [0.717, 1.165) is 0 Å². The van der Waals surface area contributed by atoms with Gasteiger partial charge in [0.25, 0.3) is 0 Å². The molecule has 0 nitrogen and oxygen atoms in total. The van der Waals surface area contributed by atoms with Gasteiger partial charge < -0.3 is 0 Å². The number of rotatable bonds is 2. The standard InChI is InChI=1S/C38H22S2/c1-2-10-24-21-25(18-17-23(24)9-1)36-26-11-3-5-13-28(26)37(29-14-6-4-12-27(29)36)35-22-31-33(40-35)19-20-34-38(31)30-15-7-8-16-32(30)39-34/h1-22H. The minimum atomic E-state index is 1.26. The quantitative estimate of drug-likeness (QED) is 0.191. The Labute approximate surface area is 239 Å². The molecule has 2 heterocycles. The molecule has 0 aliphatic heterocycles. The summed E-state index contributed by atoms with van der Waals surface area (Å²) in [6, 6.07) is 49.3. The highest BCUT2D eigenvalue weighted by Gasteiger charge is 2.19. The molecule has 2 aromatic heterocycles. The van der Waals surface area contributed by atoms with Gasteiger partial charge in [0.15, 0.2) is 0 Å². The molecule has 186 valence electrons. The third-order valence-electron chi connectivity index (χ3n) is 8.25. The molecule has 0 N–H and O–H groups in total. The van der Waals surface area contributed by atoms with E-state index in [9.17, 15) is 0 Å². The number of hydrogen-bond donors (Lipinski definition) is 0. The average Bonchev–Trinajstić information content (AvgIpc) is 3.61. The molecule has 0 saturated heterocycles. The first-order chi connectivity index (χ1) is 19.8. The van der Waals surface area contributed by atoms with Crippen LogP contribution in [-0.2, 0) is 0 Å². The van der Waals surface area contributed by atoms with Crippen molar-refractivity contribution in [1.82, 2.24) is 0 Å². The van der Waals surface area contributed by atoms with Crippen molar-refractivity contribution in [2.45, 2.75) is 0 Å². The predicted octanol–water partition coefficient (Wildman–Crippen LogP) is 12.1. The normalized spacial score (nSPS) is 12.0. The molecule has 9 rings (SSSR count). The van der Waals surface area contributed by atoms with E-state index >= 15 is 0 Å². The van der Waals surface area contributed by atoms with Gasteiger partial charge in [0.1, 0.15) is 0 Å². The second kappa shape index (κ2) is 8.50. The third-order valence-corrected chi connectivity index (χ3v) is 10.5. The van der Waals surface area contributed by atoms with E-state index in [-0.39, 0.29) is 0 Å². The minimum absolute atomic E-state index is 1.26. The molecule has 0 amide bonds. The second-order valence-corrected chi connectivity index (χ2v) is 12.6. The summed E-state index contributed by atoms with van der Waals surface area (Å²) in [4.78, 5) is 1.33. The Bertz CT molecular complexity index is 2380. The van der Waals surface area contributed by atoms with E-state index in [1.54, 1.807) is 0 Å². The van der Waals surface area contributed by atoms with Crippen LogP contribution in [0.25, 0.3) is 84.1 Å². The molecule has 0 fully saturated rings. The van der Waals surface area contributed by atoms with E-state index in [2.05, 4.69) is 133 Å². The van der Waals surface area contributed by atoms with Gasteiger partial charge >= 0.3 is 0 Å². The van der Waals surface area contributed by atoms with Crippen molar-refractivity contribution in [3.63, 3.8) is 0 Å². The van der Waals surface area contributed by atoms with Crippen LogP contribution in [0.15, 0.2) is 133 Å². The molecule has 0 bridgehead atoms. The molecule has 0 aliphatic rings. The van der Waals surface area contributed by atoms with Gasteiger partial charge in [-0.15, -0.1) is 22.7 Å². The summed E-state index contributed by atoms with van der Waals surface area (Å²) in [5, 5.41) is 11.9. The maximum Gasteiger partial charge on any atom is 0.0368 e. The summed E-state index contributed by atoms with van der Waals surface area (Å²) in [6.45, 7) is 0. The Morgan fingerprint density at radius 2 is 0.925 bits per heavy atom. The predicted molar refractivity (Wildman–Crippen MR) is 178 cm³/mol. The highest BCUT2D eigenvalue weighted by molar-refractivity contribution is 7.26. The van der Waals surface area contributed by atoms with Gasteiger partial charge in [-0.3, -0.25) is 0 Å². The SMILES string of the molecule is c1ccc2cc(-c3c4ccccc4c(-c4cc5c(ccc6sc7ccccc7c65)s4)c4ccccc34)ccc2c1. The zero-order valence-corrected chi connectivity index (χ0v) is 23.2. The van der Waals surface area contributed by atoms with E-state index in [1.165, 1.54) is 84.1 Å². The fourth-order valence-corrected chi connectivity index (χ4v) is 8.77. The largest absolute Gasteiger partial charge is 0.135 e. The minimum Gasteiger partial charge on any atom is -0.135 e. The molecule has 0 radical (unpaired) electrons. The summed E-state index contributed by atoms with van der Waals surface area (Å²) in [7, 11) is 0. The molecule has 2 heteroatoms. The van der Waals surface area contributed by atoms with Gasteiger partial charge in [-0.1, -0.05) is 103 Å². The summed E-state index contributed by atoms with van der Waals surface area (Å²) in [5.41, 5.74) is 3.91. The molecule has 0 saturated carbocycles. The molecule has 0 spiro atoms. The summed E-state index contributed by atoms with van der Waals surface area (Å²) in [6.07, 6.45) is 0. The maximum atomic E-state index is 2.45. The molecule has 7 aromatic carbocycles. The van der Waals surface area contributed by atoms with Crippen LogP contribution in [0.2, 0.25) is 0 Å². The zero-order chi connectivity index (χ0) is 26.2. The highest BCUT2D eigenvalue weighted by atomic mass is 32.1. The van der Waals surface area contributed by atoms with E-state index < -0.39 is 0 Å². The van der Waals surface area contributed by atoms with Crippen LogP contribution in [-0.4, -0.2) is 0 Å². The lowest BCUT2D eigenvalue weighted by atomic mass is 9.87. The van der Waals surface area contributed by atoms with Crippen LogP contribution in [0, 0.1) is 0 Å². The maximum absolute atomic E-state index is 2.45. The highest BCUT2D eigenvalue weighted by Crippen LogP contribution is 2.48. The molecular weight excluding hydrogens is 521 g/mol. The van der Waals surface area contributed by atoms with Crippen molar-refractivity contribution in [3.8, 4) is 21.6 Å². The first-order valence-electron chi connectivity index (χ1n) is 13.6. The monoisotopic (exact) mass is 542 g/mol. The van der Waals surface area contributed by atoms with Crippen LogP contribution in [0.3, 0.4) is 0 Å². The molecule has 0 aliphatic carbocycles. The Balaban J connectivity index is 1.39. The van der Waals surface area contributed by atoms with Crippen molar-refractivity contribution in [2.75, 3.05) is 0 Å². The van der Waals surface area contributed by atoms with Crippen molar-refractivity contribution in [1.29, 1.82) is 0 Å². The van der Waals surface area contributed by atoms with Crippen molar-refractivity contribution < 1.29 is 0 Å². The second-order valence-electron chi connectivity index (χ2n) is 10.5. The van der Waals surface area contributed by atoms with Gasteiger partial charge in [0.05, 0.1) is 0 Å². The Morgan fingerprint density at radius 3 is 1.68 bits per heavy atom. The molecule has 0 unspecified atom stereocenters. The number of hydrogen-bond acceptors (Lipinski definition) is 2. The smallest absolute Gasteiger partial charge is 0.0368 e. The summed E-state index contributed by atoms with van der Waals surface area (Å²) >= 11 is 3.81. The van der Waals surface area contributed by atoms with Gasteiger partial charge in [0, 0.05) is 40.7 Å².